The molecule has 2 aromatic heterocycles. The van der Waals surface area contributed by atoms with Crippen molar-refractivity contribution in [1.29, 1.82) is 0 Å². The lowest BCUT2D eigenvalue weighted by Crippen LogP contribution is -2.29. The van der Waals surface area contributed by atoms with Crippen molar-refractivity contribution in [3.63, 3.8) is 0 Å². The topological polar surface area (TPSA) is 76.9 Å². The molecule has 0 aliphatic heterocycles. The number of aromatic nitrogens is 3. The van der Waals surface area contributed by atoms with Gasteiger partial charge in [0.2, 0.25) is 5.91 Å². The Balaban J connectivity index is 1.43. The summed E-state index contributed by atoms with van der Waals surface area (Å²) in [6, 6.07) is 19.2. The smallest absolute Gasteiger partial charge is 0.275 e. The fourth-order valence-electron chi connectivity index (χ4n) is 3.25. The number of amides is 1. The first-order valence-corrected chi connectivity index (χ1v) is 9.54. The molecule has 0 unspecified atom stereocenters. The molecule has 0 saturated carbocycles. The van der Waals surface area contributed by atoms with Crippen LogP contribution in [0.4, 0.5) is 5.13 Å². The minimum absolute atomic E-state index is 0.166. The normalized spacial score (nSPS) is 11.3. The molecule has 0 radical (unpaired) electrons. The molecular formula is C21H14N4O2S. The monoisotopic (exact) mass is 386 g/mol. The summed E-state index contributed by atoms with van der Waals surface area (Å²) in [5.41, 5.74) is 0.572. The SMILES string of the molecule is O=C(Cn1ncc2ccccc2c1=O)Nc1nc2c(ccc3ccccc32)s1. The average Bonchev–Trinajstić information content (AvgIpc) is 3.13. The molecule has 1 amide bonds. The Morgan fingerprint density at radius 3 is 2.57 bits per heavy atom. The number of nitrogens with zero attached hydrogens (tertiary/aromatic N) is 3. The molecule has 0 atom stereocenters. The van der Waals surface area contributed by atoms with Crippen LogP contribution in [0.2, 0.25) is 0 Å². The van der Waals surface area contributed by atoms with Gasteiger partial charge in [-0.15, -0.1) is 0 Å². The molecule has 0 aliphatic carbocycles. The summed E-state index contributed by atoms with van der Waals surface area (Å²) in [5, 5.41) is 10.8. The number of thiazole rings is 1. The van der Waals surface area contributed by atoms with Crippen molar-refractivity contribution in [2.75, 3.05) is 5.32 Å². The van der Waals surface area contributed by atoms with Crippen molar-refractivity contribution < 1.29 is 4.79 Å². The van der Waals surface area contributed by atoms with Crippen LogP contribution in [0.5, 0.6) is 0 Å². The van der Waals surface area contributed by atoms with Gasteiger partial charge in [-0.3, -0.25) is 9.59 Å². The zero-order valence-corrected chi connectivity index (χ0v) is 15.4. The number of hydrogen-bond acceptors (Lipinski definition) is 5. The van der Waals surface area contributed by atoms with Gasteiger partial charge >= 0.3 is 0 Å². The van der Waals surface area contributed by atoms with E-state index >= 15 is 0 Å². The summed E-state index contributed by atoms with van der Waals surface area (Å²) in [5.74, 6) is -0.340. The fourth-order valence-corrected chi connectivity index (χ4v) is 4.15. The summed E-state index contributed by atoms with van der Waals surface area (Å²) in [7, 11) is 0. The average molecular weight is 386 g/mol. The van der Waals surface area contributed by atoms with E-state index in [2.05, 4.69) is 15.4 Å². The van der Waals surface area contributed by atoms with Crippen molar-refractivity contribution in [3.05, 3.63) is 77.2 Å². The Morgan fingerprint density at radius 2 is 1.71 bits per heavy atom. The molecule has 0 fully saturated rings. The number of nitrogens with one attached hydrogen (secondary N) is 1. The molecule has 3 aromatic carbocycles. The minimum atomic E-state index is -0.340. The number of fused-ring (bicyclic) bond motifs is 4. The first-order chi connectivity index (χ1) is 13.7. The number of carbonyl (C=O) groups is 1. The predicted molar refractivity (Wildman–Crippen MR) is 112 cm³/mol. The first kappa shape index (κ1) is 16.6. The van der Waals surface area contributed by atoms with E-state index in [0.717, 1.165) is 26.4 Å². The van der Waals surface area contributed by atoms with Gasteiger partial charge in [-0.05, 0) is 17.5 Å². The molecule has 2 heterocycles. The lowest BCUT2D eigenvalue weighted by Gasteiger charge is -2.05. The van der Waals surface area contributed by atoms with Gasteiger partial charge < -0.3 is 5.32 Å². The largest absolute Gasteiger partial charge is 0.300 e. The van der Waals surface area contributed by atoms with Gasteiger partial charge in [0, 0.05) is 10.8 Å². The van der Waals surface area contributed by atoms with Crippen LogP contribution < -0.4 is 10.9 Å². The van der Waals surface area contributed by atoms with Gasteiger partial charge in [0.15, 0.2) is 5.13 Å². The Kier molecular flexibility index (Phi) is 3.87. The molecule has 0 bridgehead atoms. The van der Waals surface area contributed by atoms with E-state index in [0.29, 0.717) is 10.5 Å². The van der Waals surface area contributed by atoms with Gasteiger partial charge in [-0.25, -0.2) is 9.67 Å². The number of anilines is 1. The van der Waals surface area contributed by atoms with E-state index in [9.17, 15) is 9.59 Å². The molecule has 0 aliphatic rings. The molecule has 1 N–H and O–H groups in total. The van der Waals surface area contributed by atoms with Crippen LogP contribution >= 0.6 is 11.3 Å². The van der Waals surface area contributed by atoms with E-state index in [1.165, 1.54) is 16.0 Å². The lowest BCUT2D eigenvalue weighted by atomic mass is 10.1. The number of hydrogen-bond donors (Lipinski definition) is 1. The van der Waals surface area contributed by atoms with Gasteiger partial charge in [-0.2, -0.15) is 5.10 Å². The maximum absolute atomic E-state index is 12.5. The first-order valence-electron chi connectivity index (χ1n) is 8.72. The predicted octanol–water partition coefficient (Wildman–Crippen LogP) is 3.80. The number of rotatable bonds is 3. The second-order valence-corrected chi connectivity index (χ2v) is 7.43. The van der Waals surface area contributed by atoms with Gasteiger partial charge in [0.05, 0.1) is 21.8 Å². The zero-order valence-electron chi connectivity index (χ0n) is 14.6. The molecule has 5 rings (SSSR count). The molecule has 6 nitrogen and oxygen atoms in total. The highest BCUT2D eigenvalue weighted by Crippen LogP contribution is 2.31. The van der Waals surface area contributed by atoms with E-state index < -0.39 is 0 Å². The molecule has 28 heavy (non-hydrogen) atoms. The molecule has 0 spiro atoms. The summed E-state index contributed by atoms with van der Waals surface area (Å²) >= 11 is 1.41. The third-order valence-corrected chi connectivity index (χ3v) is 5.52. The van der Waals surface area contributed by atoms with Crippen LogP contribution in [0.1, 0.15) is 0 Å². The molecule has 136 valence electrons. The number of carbonyl (C=O) groups excluding carboxylic acids is 1. The van der Waals surface area contributed by atoms with Crippen LogP contribution in [0, 0.1) is 0 Å². The summed E-state index contributed by atoms with van der Waals surface area (Å²) in [6.07, 6.45) is 1.59. The summed E-state index contributed by atoms with van der Waals surface area (Å²) in [6.45, 7) is -0.166. The minimum Gasteiger partial charge on any atom is -0.300 e. The van der Waals surface area contributed by atoms with Crippen molar-refractivity contribution in [1.82, 2.24) is 14.8 Å². The molecular weight excluding hydrogens is 372 g/mol. The van der Waals surface area contributed by atoms with Crippen molar-refractivity contribution in [2.45, 2.75) is 6.54 Å². The highest BCUT2D eigenvalue weighted by Gasteiger charge is 2.12. The quantitative estimate of drug-likeness (QED) is 0.512. The van der Waals surface area contributed by atoms with Gasteiger partial charge in [0.1, 0.15) is 6.54 Å². The summed E-state index contributed by atoms with van der Waals surface area (Å²) < 4.78 is 2.16. The number of benzene rings is 3. The van der Waals surface area contributed by atoms with E-state index in [-0.39, 0.29) is 18.0 Å². The zero-order chi connectivity index (χ0) is 19.1. The van der Waals surface area contributed by atoms with E-state index in [4.69, 9.17) is 0 Å². The lowest BCUT2D eigenvalue weighted by molar-refractivity contribution is -0.117. The highest BCUT2D eigenvalue weighted by molar-refractivity contribution is 7.22. The fraction of sp³-hybridized carbons (Fsp3) is 0.0476. The van der Waals surface area contributed by atoms with Crippen LogP contribution in [0.15, 0.2) is 71.7 Å². The maximum atomic E-state index is 12.5. The van der Waals surface area contributed by atoms with Crippen molar-refractivity contribution in [2.24, 2.45) is 0 Å². The Morgan fingerprint density at radius 1 is 0.964 bits per heavy atom. The Bertz CT molecular complexity index is 1420. The van der Waals surface area contributed by atoms with Crippen LogP contribution in [-0.2, 0) is 11.3 Å². The highest BCUT2D eigenvalue weighted by atomic mass is 32.1. The third kappa shape index (κ3) is 2.82. The van der Waals surface area contributed by atoms with Crippen LogP contribution in [0.25, 0.3) is 31.8 Å². The van der Waals surface area contributed by atoms with Crippen molar-refractivity contribution in [3.8, 4) is 0 Å². The van der Waals surface area contributed by atoms with Gasteiger partial charge in [0.25, 0.3) is 5.56 Å². The molecule has 5 aromatic rings. The second-order valence-electron chi connectivity index (χ2n) is 6.40. The third-order valence-electron chi connectivity index (χ3n) is 4.59. The second kappa shape index (κ2) is 6.54. The van der Waals surface area contributed by atoms with Crippen molar-refractivity contribution >= 4 is 54.1 Å². The van der Waals surface area contributed by atoms with Gasteiger partial charge in [-0.1, -0.05) is 59.9 Å². The summed E-state index contributed by atoms with van der Waals surface area (Å²) in [4.78, 5) is 29.6. The standard InChI is InChI=1S/C21H14N4O2S/c26-18(12-25-20(27)16-8-4-2-6-14(16)11-22-25)23-21-24-19-15-7-3-1-5-13(15)9-10-17(19)28-21/h1-11H,12H2,(H,23,24,26). The van der Waals surface area contributed by atoms with E-state index in [1.54, 1.807) is 18.3 Å². The molecule has 0 saturated heterocycles. The Hall–Kier alpha value is -3.58. The molecule has 7 heteroatoms. The van der Waals surface area contributed by atoms with Crippen LogP contribution in [0.3, 0.4) is 0 Å². The van der Waals surface area contributed by atoms with Crippen LogP contribution in [-0.4, -0.2) is 20.7 Å². The van der Waals surface area contributed by atoms with E-state index in [1.807, 2.05) is 48.5 Å². The Labute approximate surface area is 163 Å². The maximum Gasteiger partial charge on any atom is 0.275 e.